The van der Waals surface area contributed by atoms with Crippen LogP contribution in [0.15, 0.2) is 70.2 Å². The quantitative estimate of drug-likeness (QED) is 0.288. The molecule has 12 bridgehead atoms. The highest BCUT2D eigenvalue weighted by molar-refractivity contribution is 5.90. The van der Waals surface area contributed by atoms with Crippen molar-refractivity contribution in [1.29, 1.82) is 0 Å². The molecule has 7 rings (SSSR count). The minimum absolute atomic E-state index is 0.0187. The number of fused-ring (bicyclic) bond motifs is 16. The van der Waals surface area contributed by atoms with Crippen molar-refractivity contribution in [3.05, 3.63) is 66.8 Å². The molecule has 0 aliphatic carbocycles. The van der Waals surface area contributed by atoms with Crippen LogP contribution in [0.2, 0.25) is 0 Å². The van der Waals surface area contributed by atoms with Crippen molar-refractivity contribution < 1.29 is 40.8 Å². The SMILES string of the molecule is CN(C)CC(=O)OC1/C=C/c2nc(co2)-c2nc(co2)-c2nc(co2)CNC(=O)c2nc(co2)-c2nc(co2)-c2nc1co2. The van der Waals surface area contributed by atoms with Gasteiger partial charge in [0.15, 0.2) is 28.9 Å². The summed E-state index contributed by atoms with van der Waals surface area (Å²) in [5.74, 6) is -0.716. The summed E-state index contributed by atoms with van der Waals surface area (Å²) in [6.45, 7) is 0.0475. The molecule has 1 N–H and O–H groups in total. The smallest absolute Gasteiger partial charge is 0.321 e. The lowest BCUT2D eigenvalue weighted by molar-refractivity contribution is -0.148. The van der Waals surface area contributed by atoms with Crippen LogP contribution < -0.4 is 5.32 Å². The Balaban J connectivity index is 1.25. The highest BCUT2D eigenvalue weighted by atomic mass is 16.5. The molecule has 44 heavy (non-hydrogen) atoms. The summed E-state index contributed by atoms with van der Waals surface area (Å²) in [6, 6.07) is 0. The first kappa shape index (κ1) is 26.8. The van der Waals surface area contributed by atoms with Crippen LogP contribution in [0.5, 0.6) is 0 Å². The van der Waals surface area contributed by atoms with E-state index >= 15 is 0 Å². The number of nitrogens with zero attached hydrogens (tertiary/aromatic N) is 7. The van der Waals surface area contributed by atoms with Gasteiger partial charge in [-0.1, -0.05) is 0 Å². The highest BCUT2D eigenvalue weighted by Gasteiger charge is 2.24. The highest BCUT2D eigenvalue weighted by Crippen LogP contribution is 2.28. The minimum atomic E-state index is -0.976. The first-order valence-electron chi connectivity index (χ1n) is 12.9. The van der Waals surface area contributed by atoms with Gasteiger partial charge in [-0.2, -0.15) is 4.98 Å². The van der Waals surface area contributed by atoms with Crippen LogP contribution in [0.4, 0.5) is 0 Å². The normalized spacial score (nSPS) is 15.5. The molecule has 6 aromatic heterocycles. The van der Waals surface area contributed by atoms with E-state index in [0.29, 0.717) is 17.1 Å². The number of hydrogen-bond donors (Lipinski definition) is 1. The molecule has 1 aliphatic heterocycles. The van der Waals surface area contributed by atoms with E-state index < -0.39 is 18.0 Å². The molecule has 17 nitrogen and oxygen atoms in total. The molecule has 0 radical (unpaired) electrons. The zero-order valence-electron chi connectivity index (χ0n) is 22.9. The molecule has 7 heterocycles. The predicted octanol–water partition coefficient (Wildman–Crippen LogP) is 3.39. The lowest BCUT2D eigenvalue weighted by Crippen LogP contribution is -2.24. The fraction of sp³-hybridized carbons (Fsp3) is 0.185. The molecule has 1 aliphatic rings. The number of oxazole rings is 6. The molecule has 1 atom stereocenters. The van der Waals surface area contributed by atoms with Crippen molar-refractivity contribution in [3.63, 3.8) is 0 Å². The van der Waals surface area contributed by atoms with E-state index in [0.717, 1.165) is 0 Å². The van der Waals surface area contributed by atoms with Crippen molar-refractivity contribution in [2.75, 3.05) is 20.6 Å². The third kappa shape index (κ3) is 5.41. The number of likely N-dealkylation sites (N-methyl/N-ethyl adjacent to an activating group) is 1. The van der Waals surface area contributed by atoms with Crippen LogP contribution in [0, 0.1) is 0 Å². The molecule has 0 saturated carbocycles. The van der Waals surface area contributed by atoms with Crippen molar-refractivity contribution in [1.82, 2.24) is 40.1 Å². The summed E-state index contributed by atoms with van der Waals surface area (Å²) in [5.41, 5.74) is 1.65. The number of aromatic nitrogens is 6. The maximum Gasteiger partial charge on any atom is 0.321 e. The van der Waals surface area contributed by atoms with E-state index in [9.17, 15) is 9.59 Å². The van der Waals surface area contributed by atoms with E-state index in [4.69, 9.17) is 31.2 Å². The van der Waals surface area contributed by atoms with E-state index in [1.807, 2.05) is 0 Å². The van der Waals surface area contributed by atoms with Crippen LogP contribution in [0.3, 0.4) is 0 Å². The molecule has 6 aromatic rings. The molecule has 1 amide bonds. The van der Waals surface area contributed by atoms with Gasteiger partial charge in [0.25, 0.3) is 5.89 Å². The van der Waals surface area contributed by atoms with E-state index in [1.54, 1.807) is 19.0 Å². The Hall–Kier alpha value is -6.10. The number of nitrogens with one attached hydrogen (secondary N) is 1. The third-order valence-electron chi connectivity index (χ3n) is 6.02. The van der Waals surface area contributed by atoms with Crippen LogP contribution in [-0.4, -0.2) is 67.3 Å². The Bertz CT molecular complexity index is 1990. The van der Waals surface area contributed by atoms with Crippen molar-refractivity contribution in [2.24, 2.45) is 0 Å². The Morgan fingerprint density at radius 3 is 2.07 bits per heavy atom. The molecule has 222 valence electrons. The van der Waals surface area contributed by atoms with E-state index in [-0.39, 0.29) is 65.5 Å². The maximum absolute atomic E-state index is 12.6. The van der Waals surface area contributed by atoms with Gasteiger partial charge in [0, 0.05) is 6.08 Å². The van der Waals surface area contributed by atoms with Gasteiger partial charge in [-0.15, -0.1) is 0 Å². The number of carbonyl (C=O) groups is 2. The molecule has 0 fully saturated rings. The van der Waals surface area contributed by atoms with Crippen LogP contribution in [0.25, 0.3) is 52.4 Å². The van der Waals surface area contributed by atoms with Gasteiger partial charge in [-0.05, 0) is 20.2 Å². The lowest BCUT2D eigenvalue weighted by Gasteiger charge is -2.14. The van der Waals surface area contributed by atoms with Gasteiger partial charge >= 0.3 is 11.9 Å². The Labute approximate surface area is 245 Å². The van der Waals surface area contributed by atoms with Gasteiger partial charge < -0.3 is 36.6 Å². The van der Waals surface area contributed by atoms with Crippen molar-refractivity contribution in [2.45, 2.75) is 12.6 Å². The average Bonchev–Trinajstić information content (AvgIpc) is 3.83. The molecule has 0 aromatic carbocycles. The van der Waals surface area contributed by atoms with Gasteiger partial charge in [-0.3, -0.25) is 14.5 Å². The topological polar surface area (TPSA) is 215 Å². The van der Waals surface area contributed by atoms with E-state index in [2.05, 4.69) is 35.2 Å². The molecular weight excluding hydrogens is 580 g/mol. The number of hydrogen-bond acceptors (Lipinski definition) is 16. The Morgan fingerprint density at radius 2 is 1.34 bits per heavy atom. The first-order valence-corrected chi connectivity index (χ1v) is 12.9. The summed E-state index contributed by atoms with van der Waals surface area (Å²) in [5, 5.41) is 2.65. The fourth-order valence-corrected chi connectivity index (χ4v) is 4.01. The van der Waals surface area contributed by atoms with E-state index in [1.165, 1.54) is 49.7 Å². The van der Waals surface area contributed by atoms with Gasteiger partial charge in [0.1, 0.15) is 43.3 Å². The second-order valence-corrected chi connectivity index (χ2v) is 9.60. The second kappa shape index (κ2) is 11.0. The number of rotatable bonds is 3. The molecule has 17 heteroatoms. The zero-order valence-corrected chi connectivity index (χ0v) is 22.9. The standard InChI is InChI=1S/C27H20N8O9/c1-35(2)6-21(36)44-19-3-4-20-30-15(9-38-20)24-32-16(10-41-24)23-29-13(7-39-23)5-28-22(37)27-34-18(12-43-27)26-33-17(11-42-26)25-31-14(19)8-40-25/h3-4,7-12,19H,5-6H2,1-2H3,(H,28,37)/b4-3+. The molecule has 0 spiro atoms. The third-order valence-corrected chi connectivity index (χ3v) is 6.02. The number of ether oxygens (including phenoxy) is 1. The fourth-order valence-electron chi connectivity index (χ4n) is 4.01. The summed E-state index contributed by atoms with van der Waals surface area (Å²) in [4.78, 5) is 52.9. The summed E-state index contributed by atoms with van der Waals surface area (Å²) in [6.07, 6.45) is 9.99. The van der Waals surface area contributed by atoms with Crippen LogP contribution in [-0.2, 0) is 16.1 Å². The monoisotopic (exact) mass is 600 g/mol. The van der Waals surface area contributed by atoms with Gasteiger partial charge in [-0.25, -0.2) is 24.9 Å². The number of amides is 1. The lowest BCUT2D eigenvalue weighted by atomic mass is 10.2. The predicted molar refractivity (Wildman–Crippen MR) is 143 cm³/mol. The largest absolute Gasteiger partial charge is 0.450 e. The van der Waals surface area contributed by atoms with Crippen LogP contribution >= 0.6 is 0 Å². The summed E-state index contributed by atoms with van der Waals surface area (Å²) >= 11 is 0. The zero-order chi connectivity index (χ0) is 30.2. The Kier molecular flexibility index (Phi) is 6.66. The average molecular weight is 601 g/mol. The summed E-state index contributed by atoms with van der Waals surface area (Å²) in [7, 11) is 3.48. The second-order valence-electron chi connectivity index (χ2n) is 9.60. The summed E-state index contributed by atoms with van der Waals surface area (Å²) < 4.78 is 38.7. The number of esters is 1. The first-order chi connectivity index (χ1) is 21.4. The van der Waals surface area contributed by atoms with Crippen LogP contribution in [0.1, 0.15) is 34.1 Å². The molecular formula is C27H20N8O9. The van der Waals surface area contributed by atoms with Gasteiger partial charge in [0.05, 0.1) is 18.8 Å². The van der Waals surface area contributed by atoms with Crippen molar-refractivity contribution >= 4 is 18.0 Å². The molecule has 0 saturated heterocycles. The Morgan fingerprint density at radius 1 is 0.773 bits per heavy atom. The maximum atomic E-state index is 12.6. The minimum Gasteiger partial charge on any atom is -0.450 e. The van der Waals surface area contributed by atoms with Gasteiger partial charge in [0.2, 0.25) is 29.5 Å². The number of carbonyl (C=O) groups excluding carboxylic acids is 2. The van der Waals surface area contributed by atoms with Crippen molar-refractivity contribution in [3.8, 4) is 46.3 Å². The molecule has 1 unspecified atom stereocenters.